The molecule has 0 amide bonds. The molecule has 1 spiro atoms. The monoisotopic (exact) mass is 474 g/mol. The van der Waals surface area contributed by atoms with Gasteiger partial charge in [-0.3, -0.25) is 4.79 Å². The number of carboxylic acids is 1. The van der Waals surface area contributed by atoms with Gasteiger partial charge in [-0.05, 0) is 30.2 Å². The van der Waals surface area contributed by atoms with Gasteiger partial charge in [-0.1, -0.05) is 27.2 Å². The minimum Gasteiger partial charge on any atom is -0.487 e. The maximum atomic E-state index is 10.8. The third kappa shape index (κ3) is 3.53. The number of carbonyl (C=O) groups is 1. The molecule has 156 valence electrons. The molecule has 4 heterocycles. The summed E-state index contributed by atoms with van der Waals surface area (Å²) in [6, 6.07) is 7.87. The normalized spacial score (nSPS) is 17.6. The van der Waals surface area contributed by atoms with Crippen molar-refractivity contribution in [1.29, 1.82) is 0 Å². The maximum absolute atomic E-state index is 10.8. The van der Waals surface area contributed by atoms with E-state index in [1.165, 1.54) is 5.56 Å². The van der Waals surface area contributed by atoms with Gasteiger partial charge in [-0.15, -0.1) is 10.2 Å². The van der Waals surface area contributed by atoms with E-state index in [4.69, 9.17) is 14.4 Å². The van der Waals surface area contributed by atoms with E-state index in [1.807, 2.05) is 12.1 Å². The minimum atomic E-state index is -1.04. The topological polar surface area (TPSA) is 119 Å². The Kier molecular flexibility index (Phi) is 4.69. The second kappa shape index (κ2) is 7.38. The highest BCUT2D eigenvalue weighted by molar-refractivity contribution is 9.10. The van der Waals surface area contributed by atoms with E-state index >= 15 is 0 Å². The number of rotatable bonds is 4. The molecule has 2 aliphatic heterocycles. The predicted octanol–water partition coefficient (Wildman–Crippen LogP) is 2.54. The van der Waals surface area contributed by atoms with E-state index < -0.39 is 5.97 Å². The average molecular weight is 475 g/mol. The molecule has 10 nitrogen and oxygen atoms in total. The van der Waals surface area contributed by atoms with E-state index in [1.54, 1.807) is 6.07 Å². The van der Waals surface area contributed by atoms with Crippen LogP contribution in [-0.2, 0) is 17.8 Å². The molecule has 11 heteroatoms. The molecule has 2 aliphatic rings. The Bertz CT molecular complexity index is 1090. The predicted molar refractivity (Wildman–Crippen MR) is 108 cm³/mol. The van der Waals surface area contributed by atoms with Crippen LogP contribution in [-0.4, -0.2) is 55.1 Å². The molecule has 0 atom stereocenters. The average Bonchev–Trinajstić information content (AvgIpc) is 3.38. The van der Waals surface area contributed by atoms with Gasteiger partial charge in [-0.2, -0.15) is 4.80 Å². The van der Waals surface area contributed by atoms with Gasteiger partial charge in [0.25, 0.3) is 0 Å². The number of nitrogens with zero attached hydrogens (tertiary/aromatic N) is 6. The van der Waals surface area contributed by atoms with E-state index in [2.05, 4.69) is 47.5 Å². The molecular weight excluding hydrogens is 456 g/mol. The number of aromatic nitrogens is 5. The van der Waals surface area contributed by atoms with Crippen LogP contribution in [0.5, 0.6) is 5.75 Å². The highest BCUT2D eigenvalue weighted by atomic mass is 79.9. The van der Waals surface area contributed by atoms with Crippen LogP contribution >= 0.6 is 15.9 Å². The molecule has 5 rings (SSSR count). The van der Waals surface area contributed by atoms with Crippen LogP contribution in [0.1, 0.15) is 24.8 Å². The fourth-order valence-electron chi connectivity index (χ4n) is 4.06. The van der Waals surface area contributed by atoms with E-state index in [-0.39, 0.29) is 18.0 Å². The summed E-state index contributed by atoms with van der Waals surface area (Å²) in [5.74, 6) is 1.20. The van der Waals surface area contributed by atoms with E-state index in [0.717, 1.165) is 53.8 Å². The first-order chi connectivity index (χ1) is 14.5. The molecule has 0 bridgehead atoms. The van der Waals surface area contributed by atoms with Crippen LogP contribution in [0.4, 0.5) is 5.82 Å². The van der Waals surface area contributed by atoms with Crippen molar-refractivity contribution in [3.8, 4) is 17.3 Å². The van der Waals surface area contributed by atoms with Crippen molar-refractivity contribution in [3.05, 3.63) is 34.3 Å². The van der Waals surface area contributed by atoms with Crippen LogP contribution in [0, 0.1) is 0 Å². The third-order valence-corrected chi connectivity index (χ3v) is 6.42. The molecule has 0 aliphatic carbocycles. The summed E-state index contributed by atoms with van der Waals surface area (Å²) in [5.41, 5.74) is 1.10. The largest absolute Gasteiger partial charge is 0.487 e. The molecule has 1 saturated heterocycles. The number of fused-ring (bicyclic) bond motifs is 1. The summed E-state index contributed by atoms with van der Waals surface area (Å²) in [4.78, 5) is 13.9. The molecule has 3 aromatic rings. The zero-order chi connectivity index (χ0) is 20.7. The van der Waals surface area contributed by atoms with Gasteiger partial charge >= 0.3 is 5.97 Å². The number of aliphatic carboxylic acids is 1. The smallest absolute Gasteiger partial charge is 0.327 e. The zero-order valence-corrected chi connectivity index (χ0v) is 17.6. The number of ether oxygens (including phenoxy) is 1. The van der Waals surface area contributed by atoms with Gasteiger partial charge in [0, 0.05) is 42.0 Å². The second-order valence-corrected chi connectivity index (χ2v) is 8.43. The number of anilines is 1. The fraction of sp³-hybridized carbons (Fsp3) is 0.421. The summed E-state index contributed by atoms with van der Waals surface area (Å²) >= 11 is 3.62. The number of benzene rings is 1. The number of carboxylic acid groups (broad SMARTS) is 1. The first-order valence-electron chi connectivity index (χ1n) is 9.69. The van der Waals surface area contributed by atoms with Gasteiger partial charge in [0.05, 0.1) is 0 Å². The lowest BCUT2D eigenvalue weighted by Gasteiger charge is -2.44. The number of hydrogen-bond donors (Lipinski definition) is 1. The number of hydrogen-bond acceptors (Lipinski definition) is 8. The Morgan fingerprint density at radius 1 is 1.27 bits per heavy atom. The number of tetrazole rings is 1. The van der Waals surface area contributed by atoms with Gasteiger partial charge in [0.15, 0.2) is 12.4 Å². The molecule has 2 aromatic heterocycles. The SMILES string of the molecule is O=C(O)Cn1nnc(-c2cc(N3CCC4(CCc5c(Br)cccc5O4)CC3)no2)n1. The fourth-order valence-corrected chi connectivity index (χ4v) is 4.61. The summed E-state index contributed by atoms with van der Waals surface area (Å²) in [6.45, 7) is 1.24. The molecule has 1 N–H and O–H groups in total. The van der Waals surface area contributed by atoms with Crippen LogP contribution in [0.15, 0.2) is 33.3 Å². The first-order valence-corrected chi connectivity index (χ1v) is 10.5. The molecule has 1 aromatic carbocycles. The van der Waals surface area contributed by atoms with Crippen molar-refractivity contribution in [2.24, 2.45) is 0 Å². The van der Waals surface area contributed by atoms with Crippen molar-refractivity contribution in [3.63, 3.8) is 0 Å². The van der Waals surface area contributed by atoms with Gasteiger partial charge in [0.2, 0.25) is 11.6 Å². The highest BCUT2D eigenvalue weighted by Crippen LogP contribution is 2.42. The van der Waals surface area contributed by atoms with Crippen molar-refractivity contribution in [1.82, 2.24) is 25.4 Å². The van der Waals surface area contributed by atoms with E-state index in [9.17, 15) is 4.79 Å². The summed E-state index contributed by atoms with van der Waals surface area (Å²) in [6.07, 6.45) is 3.79. The van der Waals surface area contributed by atoms with Crippen molar-refractivity contribution >= 4 is 27.7 Å². The molecular formula is C19H19BrN6O4. The van der Waals surface area contributed by atoms with Crippen LogP contribution in [0.2, 0.25) is 0 Å². The zero-order valence-electron chi connectivity index (χ0n) is 16.0. The first kappa shape index (κ1) is 19.0. The lowest BCUT2D eigenvalue weighted by molar-refractivity contribution is -0.138. The third-order valence-electron chi connectivity index (χ3n) is 5.68. The Morgan fingerprint density at radius 2 is 2.10 bits per heavy atom. The van der Waals surface area contributed by atoms with Crippen LogP contribution in [0.3, 0.4) is 0 Å². The summed E-state index contributed by atoms with van der Waals surface area (Å²) in [7, 11) is 0. The Hall–Kier alpha value is -2.95. The Labute approximate surface area is 179 Å². The lowest BCUT2D eigenvalue weighted by Crippen LogP contribution is -2.50. The molecule has 1 fully saturated rings. The molecule has 0 saturated carbocycles. The Balaban J connectivity index is 1.25. The van der Waals surface area contributed by atoms with Gasteiger partial charge in [0.1, 0.15) is 11.4 Å². The second-order valence-electron chi connectivity index (χ2n) is 7.58. The van der Waals surface area contributed by atoms with Crippen LogP contribution in [0.25, 0.3) is 11.6 Å². The Morgan fingerprint density at radius 3 is 2.90 bits per heavy atom. The van der Waals surface area contributed by atoms with E-state index in [0.29, 0.717) is 11.6 Å². The summed E-state index contributed by atoms with van der Waals surface area (Å²) < 4.78 is 12.9. The minimum absolute atomic E-state index is 0.141. The molecule has 0 radical (unpaired) electrons. The van der Waals surface area contributed by atoms with Crippen LogP contribution < -0.4 is 9.64 Å². The molecule has 30 heavy (non-hydrogen) atoms. The lowest BCUT2D eigenvalue weighted by atomic mass is 9.83. The quantitative estimate of drug-likeness (QED) is 0.607. The van der Waals surface area contributed by atoms with Gasteiger partial charge in [-0.25, -0.2) is 0 Å². The van der Waals surface area contributed by atoms with Crippen molar-refractivity contribution in [2.45, 2.75) is 37.8 Å². The van der Waals surface area contributed by atoms with Crippen molar-refractivity contribution < 1.29 is 19.2 Å². The molecule has 0 unspecified atom stereocenters. The number of halogens is 1. The van der Waals surface area contributed by atoms with Gasteiger partial charge < -0.3 is 19.3 Å². The maximum Gasteiger partial charge on any atom is 0.327 e. The summed E-state index contributed by atoms with van der Waals surface area (Å²) in [5, 5.41) is 24.5. The number of piperidine rings is 1. The standard InChI is InChI=1S/C19H19BrN6O4/c20-13-2-1-3-14-12(13)4-5-19(29-14)6-8-25(9-7-19)16-10-15(30-23-16)18-21-24-26(22-18)11-17(27)28/h1-3,10H,4-9,11H2,(H,27,28). The highest BCUT2D eigenvalue weighted by Gasteiger charge is 2.40. The van der Waals surface area contributed by atoms with Crippen molar-refractivity contribution in [2.75, 3.05) is 18.0 Å².